The molecule has 0 rings (SSSR count). The Bertz CT molecular complexity index is 857. The lowest BCUT2D eigenvalue weighted by molar-refractivity contribution is -0.167. The van der Waals surface area contributed by atoms with Crippen LogP contribution in [0.2, 0.25) is 0 Å². The zero-order chi connectivity index (χ0) is 41.7. The molecular formula is C51H98O6. The summed E-state index contributed by atoms with van der Waals surface area (Å²) in [4.78, 5) is 37.9. The Hall–Kier alpha value is -1.59. The van der Waals surface area contributed by atoms with Gasteiger partial charge in [-0.3, -0.25) is 14.4 Å². The molecule has 338 valence electrons. The molecule has 0 aliphatic carbocycles. The van der Waals surface area contributed by atoms with E-state index in [2.05, 4.69) is 27.7 Å². The van der Waals surface area contributed by atoms with Crippen LogP contribution in [0.25, 0.3) is 0 Å². The number of unbranched alkanes of at least 4 members (excludes halogenated alkanes) is 33. The lowest BCUT2D eigenvalue weighted by atomic mass is 10.0. The van der Waals surface area contributed by atoms with Crippen molar-refractivity contribution in [3.8, 4) is 0 Å². The summed E-state index contributed by atoms with van der Waals surface area (Å²) in [6, 6.07) is 0. The smallest absolute Gasteiger partial charge is 0.306 e. The van der Waals surface area contributed by atoms with Crippen LogP contribution in [0.4, 0.5) is 0 Å². The number of carbonyl (C=O) groups excluding carboxylic acids is 3. The van der Waals surface area contributed by atoms with E-state index in [1.165, 1.54) is 180 Å². The summed E-state index contributed by atoms with van der Waals surface area (Å²) in [6.45, 7) is 9.00. The van der Waals surface area contributed by atoms with Gasteiger partial charge in [-0.25, -0.2) is 0 Å². The second kappa shape index (κ2) is 45.5. The number of rotatable bonds is 46. The van der Waals surface area contributed by atoms with Crippen LogP contribution >= 0.6 is 0 Å². The Balaban J connectivity index is 4.31. The maximum atomic E-state index is 12.8. The largest absolute Gasteiger partial charge is 0.462 e. The minimum Gasteiger partial charge on any atom is -0.462 e. The van der Waals surface area contributed by atoms with E-state index in [4.69, 9.17) is 14.2 Å². The number of esters is 3. The molecule has 0 aliphatic heterocycles. The van der Waals surface area contributed by atoms with Gasteiger partial charge in [-0.2, -0.15) is 0 Å². The summed E-state index contributed by atoms with van der Waals surface area (Å²) >= 11 is 0. The summed E-state index contributed by atoms with van der Waals surface area (Å²) in [5, 5.41) is 0. The summed E-state index contributed by atoms with van der Waals surface area (Å²) in [5.41, 5.74) is 0. The Kier molecular flexibility index (Phi) is 44.2. The van der Waals surface area contributed by atoms with E-state index in [0.29, 0.717) is 19.3 Å². The van der Waals surface area contributed by atoms with Gasteiger partial charge >= 0.3 is 17.9 Å². The van der Waals surface area contributed by atoms with Crippen molar-refractivity contribution in [2.75, 3.05) is 13.2 Å². The molecule has 0 N–H and O–H groups in total. The van der Waals surface area contributed by atoms with E-state index in [0.717, 1.165) is 63.7 Å². The van der Waals surface area contributed by atoms with Gasteiger partial charge in [-0.15, -0.1) is 0 Å². The van der Waals surface area contributed by atoms with Crippen molar-refractivity contribution >= 4 is 17.9 Å². The summed E-state index contributed by atoms with van der Waals surface area (Å²) < 4.78 is 16.8. The van der Waals surface area contributed by atoms with E-state index in [1.807, 2.05) is 0 Å². The van der Waals surface area contributed by atoms with Gasteiger partial charge in [0.25, 0.3) is 0 Å². The van der Waals surface area contributed by atoms with Crippen molar-refractivity contribution in [2.24, 2.45) is 5.92 Å². The molecular weight excluding hydrogens is 709 g/mol. The Morgan fingerprint density at radius 2 is 0.579 bits per heavy atom. The molecule has 0 aliphatic rings. The van der Waals surface area contributed by atoms with Crippen LogP contribution in [-0.4, -0.2) is 37.2 Å². The highest BCUT2D eigenvalue weighted by Gasteiger charge is 2.19. The van der Waals surface area contributed by atoms with Crippen molar-refractivity contribution in [2.45, 2.75) is 291 Å². The molecule has 57 heavy (non-hydrogen) atoms. The van der Waals surface area contributed by atoms with Gasteiger partial charge in [0.1, 0.15) is 13.2 Å². The number of hydrogen-bond acceptors (Lipinski definition) is 6. The number of hydrogen-bond donors (Lipinski definition) is 0. The van der Waals surface area contributed by atoms with Crippen LogP contribution < -0.4 is 0 Å². The molecule has 0 fully saturated rings. The van der Waals surface area contributed by atoms with E-state index < -0.39 is 6.10 Å². The first-order chi connectivity index (χ1) is 27.9. The van der Waals surface area contributed by atoms with Gasteiger partial charge in [0.15, 0.2) is 6.10 Å². The highest BCUT2D eigenvalue weighted by molar-refractivity contribution is 5.71. The molecule has 0 bridgehead atoms. The predicted molar refractivity (Wildman–Crippen MR) is 243 cm³/mol. The first-order valence-electron chi connectivity index (χ1n) is 25.4. The Labute approximate surface area is 355 Å². The lowest BCUT2D eigenvalue weighted by Crippen LogP contribution is -2.30. The topological polar surface area (TPSA) is 78.9 Å². The van der Waals surface area contributed by atoms with Crippen LogP contribution in [0.3, 0.4) is 0 Å². The zero-order valence-corrected chi connectivity index (χ0v) is 38.8. The SMILES string of the molecule is CCCCCCCCCCCCCCCCCC(=O)O[C@@H](COC(=O)CCCCCCCCCCCCCC)COC(=O)CCCCCCCCCCCC(C)C. The molecule has 0 saturated heterocycles. The van der Waals surface area contributed by atoms with Crippen LogP contribution in [-0.2, 0) is 28.6 Å². The summed E-state index contributed by atoms with van der Waals surface area (Å²) in [6.07, 6.45) is 46.5. The van der Waals surface area contributed by atoms with Gasteiger partial charge < -0.3 is 14.2 Å². The fraction of sp³-hybridized carbons (Fsp3) is 0.941. The summed E-state index contributed by atoms with van der Waals surface area (Å²) in [7, 11) is 0. The van der Waals surface area contributed by atoms with E-state index >= 15 is 0 Å². The minimum absolute atomic E-state index is 0.0631. The third kappa shape index (κ3) is 45.3. The van der Waals surface area contributed by atoms with Crippen molar-refractivity contribution in [3.63, 3.8) is 0 Å². The van der Waals surface area contributed by atoms with Crippen molar-refractivity contribution in [3.05, 3.63) is 0 Å². The average Bonchev–Trinajstić information content (AvgIpc) is 3.19. The molecule has 0 aromatic carbocycles. The van der Waals surface area contributed by atoms with Gasteiger partial charge in [0.05, 0.1) is 0 Å². The molecule has 0 spiro atoms. The highest BCUT2D eigenvalue weighted by atomic mass is 16.6. The van der Waals surface area contributed by atoms with Crippen LogP contribution in [0.5, 0.6) is 0 Å². The molecule has 0 unspecified atom stereocenters. The minimum atomic E-state index is -0.760. The third-order valence-electron chi connectivity index (χ3n) is 11.5. The first-order valence-corrected chi connectivity index (χ1v) is 25.4. The quantitative estimate of drug-likeness (QED) is 0.0346. The van der Waals surface area contributed by atoms with Crippen LogP contribution in [0.15, 0.2) is 0 Å². The molecule has 0 aromatic heterocycles. The van der Waals surface area contributed by atoms with Gasteiger partial charge in [-0.1, -0.05) is 246 Å². The maximum Gasteiger partial charge on any atom is 0.306 e. The van der Waals surface area contributed by atoms with Crippen molar-refractivity contribution in [1.82, 2.24) is 0 Å². The van der Waals surface area contributed by atoms with E-state index in [-0.39, 0.29) is 31.1 Å². The van der Waals surface area contributed by atoms with Crippen molar-refractivity contribution < 1.29 is 28.6 Å². The monoisotopic (exact) mass is 807 g/mol. The zero-order valence-electron chi connectivity index (χ0n) is 38.8. The highest BCUT2D eigenvalue weighted by Crippen LogP contribution is 2.17. The Morgan fingerprint density at radius 1 is 0.333 bits per heavy atom. The van der Waals surface area contributed by atoms with Gasteiger partial charge in [-0.05, 0) is 25.2 Å². The molecule has 6 heteroatoms. The number of carbonyl (C=O) groups is 3. The summed E-state index contributed by atoms with van der Waals surface area (Å²) in [5.74, 6) is -0.0380. The molecule has 0 heterocycles. The van der Waals surface area contributed by atoms with Gasteiger partial charge in [0.2, 0.25) is 0 Å². The average molecular weight is 807 g/mol. The predicted octanol–water partition coefficient (Wildman–Crippen LogP) is 16.3. The first kappa shape index (κ1) is 55.4. The fourth-order valence-electron chi connectivity index (χ4n) is 7.69. The van der Waals surface area contributed by atoms with Gasteiger partial charge in [0, 0.05) is 19.3 Å². The molecule has 0 aromatic rings. The normalized spacial score (nSPS) is 11.9. The standard InChI is InChI=1S/C51H98O6/c1-5-7-9-11-13-15-17-19-20-21-23-27-32-36-40-44-51(54)57-48(45-55-49(52)42-38-34-30-26-22-18-16-14-12-10-8-6-2)46-56-50(53)43-39-35-31-28-24-25-29-33-37-41-47(3)4/h47-48H,5-46H2,1-4H3/t48-/m0/s1. The van der Waals surface area contributed by atoms with Crippen LogP contribution in [0.1, 0.15) is 285 Å². The van der Waals surface area contributed by atoms with Crippen LogP contribution in [0, 0.1) is 5.92 Å². The lowest BCUT2D eigenvalue weighted by Gasteiger charge is -2.18. The maximum absolute atomic E-state index is 12.8. The molecule has 0 amide bonds. The molecule has 0 saturated carbocycles. The molecule has 6 nitrogen and oxygen atoms in total. The second-order valence-corrected chi connectivity index (χ2v) is 17.9. The van der Waals surface area contributed by atoms with Crippen molar-refractivity contribution in [1.29, 1.82) is 0 Å². The van der Waals surface area contributed by atoms with E-state index in [1.54, 1.807) is 0 Å². The molecule has 0 radical (unpaired) electrons. The molecule has 1 atom stereocenters. The number of ether oxygens (including phenoxy) is 3. The fourth-order valence-corrected chi connectivity index (χ4v) is 7.69. The Morgan fingerprint density at radius 3 is 0.860 bits per heavy atom. The second-order valence-electron chi connectivity index (χ2n) is 17.9. The third-order valence-corrected chi connectivity index (χ3v) is 11.5. The van der Waals surface area contributed by atoms with E-state index in [9.17, 15) is 14.4 Å².